The first-order valence-electron chi connectivity index (χ1n) is 7.16. The number of hydrogen-bond acceptors (Lipinski definition) is 2. The van der Waals surface area contributed by atoms with E-state index in [1.807, 2.05) is 65.6 Å². The first-order valence-corrected chi connectivity index (χ1v) is 7.16. The van der Waals surface area contributed by atoms with E-state index in [-0.39, 0.29) is 12.0 Å². The quantitative estimate of drug-likeness (QED) is 0.790. The summed E-state index contributed by atoms with van der Waals surface area (Å²) in [5.41, 5.74) is 9.75. The van der Waals surface area contributed by atoms with Gasteiger partial charge >= 0.3 is 0 Å². The molecule has 3 nitrogen and oxygen atoms in total. The molecule has 0 aliphatic carbocycles. The maximum absolute atomic E-state index is 6.41. The number of hydrogen-bond donors (Lipinski definition) is 1. The Morgan fingerprint density at radius 1 is 0.905 bits per heavy atom. The molecule has 0 aliphatic heterocycles. The zero-order valence-corrected chi connectivity index (χ0v) is 12.1. The molecule has 1 aromatic heterocycles. The molecule has 0 amide bonds. The van der Waals surface area contributed by atoms with Crippen LogP contribution in [0.4, 0.5) is 0 Å². The summed E-state index contributed by atoms with van der Waals surface area (Å²) in [6.45, 7) is 2.15. The van der Waals surface area contributed by atoms with Crippen molar-refractivity contribution in [2.45, 2.75) is 18.9 Å². The van der Waals surface area contributed by atoms with E-state index in [1.165, 1.54) is 5.56 Å². The summed E-state index contributed by atoms with van der Waals surface area (Å²) < 4.78 is 1.87. The predicted octanol–water partition coefficient (Wildman–Crippen LogP) is 3.68. The van der Waals surface area contributed by atoms with Crippen molar-refractivity contribution >= 4 is 0 Å². The Hall–Kier alpha value is -2.39. The lowest BCUT2D eigenvalue weighted by Gasteiger charge is -2.19. The Morgan fingerprint density at radius 3 is 2.19 bits per heavy atom. The molecule has 0 fully saturated rings. The minimum absolute atomic E-state index is 0.0649. The third-order valence-corrected chi connectivity index (χ3v) is 3.87. The Bertz CT molecular complexity index is 689. The monoisotopic (exact) mass is 277 g/mol. The van der Waals surface area contributed by atoms with Gasteiger partial charge in [-0.3, -0.25) is 0 Å². The molecule has 0 saturated heterocycles. The summed E-state index contributed by atoms with van der Waals surface area (Å²) >= 11 is 0. The first-order chi connectivity index (χ1) is 10.3. The van der Waals surface area contributed by atoms with Crippen molar-refractivity contribution < 1.29 is 0 Å². The van der Waals surface area contributed by atoms with Crippen LogP contribution in [-0.2, 0) is 0 Å². The molecule has 0 spiro atoms. The van der Waals surface area contributed by atoms with Crippen LogP contribution in [0.1, 0.15) is 30.0 Å². The van der Waals surface area contributed by atoms with Crippen molar-refractivity contribution in [3.8, 4) is 5.69 Å². The molecule has 3 rings (SSSR count). The van der Waals surface area contributed by atoms with Crippen molar-refractivity contribution in [3.63, 3.8) is 0 Å². The average molecular weight is 277 g/mol. The van der Waals surface area contributed by atoms with Gasteiger partial charge in [0, 0.05) is 23.7 Å². The van der Waals surface area contributed by atoms with Gasteiger partial charge in [0.05, 0.1) is 11.9 Å². The van der Waals surface area contributed by atoms with Crippen molar-refractivity contribution in [1.82, 2.24) is 9.78 Å². The van der Waals surface area contributed by atoms with E-state index in [9.17, 15) is 0 Å². The summed E-state index contributed by atoms with van der Waals surface area (Å²) in [5.74, 6) is 0.250. The Balaban J connectivity index is 1.83. The molecular formula is C18H19N3. The van der Waals surface area contributed by atoms with Crippen molar-refractivity contribution in [2.24, 2.45) is 5.73 Å². The van der Waals surface area contributed by atoms with Crippen LogP contribution >= 0.6 is 0 Å². The Morgan fingerprint density at radius 2 is 1.52 bits per heavy atom. The second kappa shape index (κ2) is 5.94. The van der Waals surface area contributed by atoms with Crippen LogP contribution in [-0.4, -0.2) is 9.78 Å². The second-order valence-electron chi connectivity index (χ2n) is 5.28. The topological polar surface area (TPSA) is 43.8 Å². The highest BCUT2D eigenvalue weighted by Gasteiger charge is 2.18. The SMILES string of the molecule is CC(c1ccccc1)C(N)c1cnn(-c2ccccc2)c1. The molecule has 106 valence electrons. The van der Waals surface area contributed by atoms with Crippen molar-refractivity contribution in [2.75, 3.05) is 0 Å². The van der Waals surface area contributed by atoms with E-state index in [0.29, 0.717) is 0 Å². The van der Waals surface area contributed by atoms with Crippen LogP contribution in [0.2, 0.25) is 0 Å². The third kappa shape index (κ3) is 2.88. The van der Waals surface area contributed by atoms with E-state index in [2.05, 4.69) is 24.2 Å². The summed E-state index contributed by atoms with van der Waals surface area (Å²) in [6, 6.07) is 20.4. The van der Waals surface area contributed by atoms with E-state index in [1.54, 1.807) is 0 Å². The number of aromatic nitrogens is 2. The molecule has 0 saturated carbocycles. The smallest absolute Gasteiger partial charge is 0.0645 e. The lowest BCUT2D eigenvalue weighted by Crippen LogP contribution is -2.17. The highest BCUT2D eigenvalue weighted by molar-refractivity contribution is 5.32. The molecule has 2 N–H and O–H groups in total. The number of rotatable bonds is 4. The molecule has 2 atom stereocenters. The number of nitrogens with zero attached hydrogens (tertiary/aromatic N) is 2. The molecule has 3 heteroatoms. The lowest BCUT2D eigenvalue weighted by atomic mass is 9.91. The fourth-order valence-corrected chi connectivity index (χ4v) is 2.48. The van der Waals surface area contributed by atoms with Crippen LogP contribution in [0, 0.1) is 0 Å². The van der Waals surface area contributed by atoms with Crippen molar-refractivity contribution in [3.05, 3.63) is 84.2 Å². The van der Waals surface area contributed by atoms with Crippen LogP contribution < -0.4 is 5.73 Å². The molecule has 3 aromatic rings. The fourth-order valence-electron chi connectivity index (χ4n) is 2.48. The van der Waals surface area contributed by atoms with Gasteiger partial charge in [-0.1, -0.05) is 55.5 Å². The van der Waals surface area contributed by atoms with Gasteiger partial charge in [0.25, 0.3) is 0 Å². The Kier molecular flexibility index (Phi) is 3.84. The molecule has 21 heavy (non-hydrogen) atoms. The largest absolute Gasteiger partial charge is 0.323 e. The van der Waals surface area contributed by atoms with Gasteiger partial charge in [0.2, 0.25) is 0 Å². The third-order valence-electron chi connectivity index (χ3n) is 3.87. The van der Waals surface area contributed by atoms with E-state index in [0.717, 1.165) is 11.3 Å². The number of benzene rings is 2. The molecule has 2 unspecified atom stereocenters. The van der Waals surface area contributed by atoms with Gasteiger partial charge < -0.3 is 5.73 Å². The van der Waals surface area contributed by atoms with Gasteiger partial charge in [-0.2, -0.15) is 5.10 Å². The fraction of sp³-hybridized carbons (Fsp3) is 0.167. The molecule has 0 aliphatic rings. The summed E-state index contributed by atoms with van der Waals surface area (Å²) in [7, 11) is 0. The van der Waals surface area contributed by atoms with Gasteiger partial charge in [-0.05, 0) is 17.7 Å². The average Bonchev–Trinajstić information content (AvgIpc) is 3.05. The number of nitrogens with two attached hydrogens (primary N) is 1. The van der Waals surface area contributed by atoms with Gasteiger partial charge in [-0.15, -0.1) is 0 Å². The van der Waals surface area contributed by atoms with Gasteiger partial charge in [-0.25, -0.2) is 4.68 Å². The lowest BCUT2D eigenvalue weighted by molar-refractivity contribution is 0.598. The van der Waals surface area contributed by atoms with E-state index < -0.39 is 0 Å². The second-order valence-corrected chi connectivity index (χ2v) is 5.28. The summed E-state index contributed by atoms with van der Waals surface area (Å²) in [6.07, 6.45) is 3.87. The summed E-state index contributed by atoms with van der Waals surface area (Å²) in [4.78, 5) is 0. The maximum atomic E-state index is 6.41. The van der Waals surface area contributed by atoms with Gasteiger partial charge in [0.1, 0.15) is 0 Å². The molecule has 2 aromatic carbocycles. The highest BCUT2D eigenvalue weighted by atomic mass is 15.3. The first kappa shape index (κ1) is 13.6. The van der Waals surface area contributed by atoms with Gasteiger partial charge in [0.15, 0.2) is 0 Å². The van der Waals surface area contributed by atoms with E-state index in [4.69, 9.17) is 5.73 Å². The standard InChI is InChI=1S/C18H19N3/c1-14(15-8-4-2-5-9-15)18(19)16-12-20-21(13-16)17-10-6-3-7-11-17/h2-14,18H,19H2,1H3. The molecule has 0 bridgehead atoms. The van der Waals surface area contributed by atoms with Crippen LogP contribution in [0.5, 0.6) is 0 Å². The van der Waals surface area contributed by atoms with Crippen LogP contribution in [0.15, 0.2) is 73.1 Å². The number of para-hydroxylation sites is 1. The normalized spacial score (nSPS) is 13.8. The highest BCUT2D eigenvalue weighted by Crippen LogP contribution is 2.28. The van der Waals surface area contributed by atoms with Crippen LogP contribution in [0.3, 0.4) is 0 Å². The molecule has 0 radical (unpaired) electrons. The maximum Gasteiger partial charge on any atom is 0.0645 e. The predicted molar refractivity (Wildman–Crippen MR) is 85.3 cm³/mol. The van der Waals surface area contributed by atoms with E-state index >= 15 is 0 Å². The summed E-state index contributed by atoms with van der Waals surface area (Å²) in [5, 5.41) is 4.42. The minimum Gasteiger partial charge on any atom is -0.323 e. The Labute approximate surface area is 125 Å². The van der Waals surface area contributed by atoms with Crippen LogP contribution in [0.25, 0.3) is 5.69 Å². The molecular weight excluding hydrogens is 258 g/mol. The molecule has 1 heterocycles. The zero-order valence-electron chi connectivity index (χ0n) is 12.1. The van der Waals surface area contributed by atoms with Crippen molar-refractivity contribution in [1.29, 1.82) is 0 Å². The minimum atomic E-state index is -0.0649. The zero-order chi connectivity index (χ0) is 14.7.